The number of hydrogen-bond donors (Lipinski definition) is 1. The number of aromatic nitrogens is 3. The van der Waals surface area contributed by atoms with Crippen LogP contribution in [0.3, 0.4) is 0 Å². The molecule has 0 spiro atoms. The largest absolute Gasteiger partial charge is 0.433 e. The van der Waals surface area contributed by atoms with Crippen molar-refractivity contribution in [3.05, 3.63) is 29.2 Å². The smallest absolute Gasteiger partial charge is 0.309 e. The molecule has 1 fully saturated rings. The molecule has 1 atom stereocenters. The standard InChI is InChI=1S/C13H15F3N4/c1-8-6-11(13(14,15)16)20-12(18-8)7-10(19-20)9-4-2-3-5-17-9/h6-7,9,17H,2-5H2,1H3. The second-order valence-electron chi connectivity index (χ2n) is 5.12. The Morgan fingerprint density at radius 2 is 2.10 bits per heavy atom. The molecule has 1 aliphatic heterocycles. The number of halogens is 3. The van der Waals surface area contributed by atoms with Crippen molar-refractivity contribution in [3.8, 4) is 0 Å². The van der Waals surface area contributed by atoms with Gasteiger partial charge >= 0.3 is 6.18 Å². The zero-order chi connectivity index (χ0) is 14.3. The van der Waals surface area contributed by atoms with Crippen molar-refractivity contribution in [2.45, 2.75) is 38.4 Å². The highest BCUT2D eigenvalue weighted by Crippen LogP contribution is 2.31. The van der Waals surface area contributed by atoms with Gasteiger partial charge in [-0.15, -0.1) is 0 Å². The van der Waals surface area contributed by atoms with Gasteiger partial charge < -0.3 is 5.32 Å². The van der Waals surface area contributed by atoms with E-state index in [1.165, 1.54) is 0 Å². The highest BCUT2D eigenvalue weighted by Gasteiger charge is 2.35. The van der Waals surface area contributed by atoms with Gasteiger partial charge in [0.2, 0.25) is 0 Å². The molecule has 0 amide bonds. The van der Waals surface area contributed by atoms with Crippen molar-refractivity contribution in [2.24, 2.45) is 0 Å². The van der Waals surface area contributed by atoms with Gasteiger partial charge in [0.1, 0.15) is 5.69 Å². The molecule has 3 heterocycles. The molecule has 4 nitrogen and oxygen atoms in total. The van der Waals surface area contributed by atoms with Gasteiger partial charge in [-0.2, -0.15) is 18.3 Å². The lowest BCUT2D eigenvalue weighted by molar-refractivity contribution is -0.142. The first-order valence-corrected chi connectivity index (χ1v) is 6.63. The molecule has 1 N–H and O–H groups in total. The Bertz CT molecular complexity index is 626. The zero-order valence-corrected chi connectivity index (χ0v) is 11.0. The van der Waals surface area contributed by atoms with Crippen LogP contribution in [-0.2, 0) is 6.18 Å². The summed E-state index contributed by atoms with van der Waals surface area (Å²) in [6.45, 7) is 2.43. The zero-order valence-electron chi connectivity index (χ0n) is 11.0. The van der Waals surface area contributed by atoms with Gasteiger partial charge in [-0.3, -0.25) is 0 Å². The fraction of sp³-hybridized carbons (Fsp3) is 0.538. The maximum Gasteiger partial charge on any atom is 0.433 e. The molecule has 0 radical (unpaired) electrons. The van der Waals surface area contributed by atoms with E-state index >= 15 is 0 Å². The van der Waals surface area contributed by atoms with Crippen molar-refractivity contribution in [1.29, 1.82) is 0 Å². The third-order valence-electron chi connectivity index (χ3n) is 3.53. The fourth-order valence-corrected chi connectivity index (χ4v) is 2.59. The lowest BCUT2D eigenvalue weighted by atomic mass is 10.0. The van der Waals surface area contributed by atoms with Crippen molar-refractivity contribution in [1.82, 2.24) is 19.9 Å². The molecule has 7 heteroatoms. The number of rotatable bonds is 1. The third kappa shape index (κ3) is 2.37. The molecule has 1 unspecified atom stereocenters. The quantitative estimate of drug-likeness (QED) is 0.875. The maximum absolute atomic E-state index is 13.0. The van der Waals surface area contributed by atoms with Crippen LogP contribution < -0.4 is 5.32 Å². The van der Waals surface area contributed by atoms with E-state index in [1.54, 1.807) is 13.0 Å². The lowest BCUT2D eigenvalue weighted by Gasteiger charge is -2.21. The number of nitrogens with zero attached hydrogens (tertiary/aromatic N) is 3. The normalized spacial score (nSPS) is 20.5. The Morgan fingerprint density at radius 3 is 2.75 bits per heavy atom. The van der Waals surface area contributed by atoms with Crippen LogP contribution in [0.1, 0.15) is 42.4 Å². The Balaban J connectivity index is 2.10. The molecule has 0 aromatic carbocycles. The van der Waals surface area contributed by atoms with Gasteiger partial charge in [0.05, 0.1) is 11.7 Å². The van der Waals surface area contributed by atoms with E-state index in [0.29, 0.717) is 11.4 Å². The van der Waals surface area contributed by atoms with Crippen LogP contribution in [0.25, 0.3) is 5.65 Å². The van der Waals surface area contributed by atoms with E-state index in [2.05, 4.69) is 15.4 Å². The molecule has 0 aliphatic carbocycles. The lowest BCUT2D eigenvalue weighted by Crippen LogP contribution is -2.27. The Kier molecular flexibility index (Phi) is 3.16. The van der Waals surface area contributed by atoms with Gasteiger partial charge in [0, 0.05) is 11.8 Å². The van der Waals surface area contributed by atoms with Crippen molar-refractivity contribution in [2.75, 3.05) is 6.54 Å². The Labute approximate surface area is 114 Å². The van der Waals surface area contributed by atoms with Crippen LogP contribution in [0.5, 0.6) is 0 Å². The summed E-state index contributed by atoms with van der Waals surface area (Å²) in [6, 6.07) is 2.69. The van der Waals surface area contributed by atoms with Gasteiger partial charge in [-0.05, 0) is 32.4 Å². The van der Waals surface area contributed by atoms with Crippen molar-refractivity contribution >= 4 is 5.65 Å². The van der Waals surface area contributed by atoms with E-state index in [-0.39, 0.29) is 11.7 Å². The van der Waals surface area contributed by atoms with Crippen LogP contribution in [0.2, 0.25) is 0 Å². The molecule has 108 valence electrons. The SMILES string of the molecule is Cc1cc(C(F)(F)F)n2nc(C3CCCCN3)cc2n1. The number of aryl methyl sites for hydroxylation is 1. The van der Waals surface area contributed by atoms with Gasteiger partial charge in [-0.1, -0.05) is 6.42 Å². The highest BCUT2D eigenvalue weighted by molar-refractivity contribution is 5.43. The van der Waals surface area contributed by atoms with E-state index in [9.17, 15) is 13.2 Å². The van der Waals surface area contributed by atoms with Crippen LogP contribution in [0.4, 0.5) is 13.2 Å². The molecule has 1 saturated heterocycles. The van der Waals surface area contributed by atoms with E-state index in [4.69, 9.17) is 0 Å². The average molecular weight is 284 g/mol. The van der Waals surface area contributed by atoms with Crippen molar-refractivity contribution < 1.29 is 13.2 Å². The van der Waals surface area contributed by atoms with E-state index < -0.39 is 11.9 Å². The summed E-state index contributed by atoms with van der Waals surface area (Å²) in [4.78, 5) is 4.14. The van der Waals surface area contributed by atoms with Crippen LogP contribution in [-0.4, -0.2) is 21.1 Å². The number of piperidine rings is 1. The van der Waals surface area contributed by atoms with Gasteiger partial charge in [0.25, 0.3) is 0 Å². The summed E-state index contributed by atoms with van der Waals surface area (Å²) in [7, 11) is 0. The van der Waals surface area contributed by atoms with Crippen LogP contribution in [0.15, 0.2) is 12.1 Å². The number of hydrogen-bond acceptors (Lipinski definition) is 3. The summed E-state index contributed by atoms with van der Waals surface area (Å²) in [5.41, 5.74) is 0.447. The molecule has 2 aromatic rings. The minimum atomic E-state index is -4.44. The van der Waals surface area contributed by atoms with Gasteiger partial charge in [0.15, 0.2) is 5.65 Å². The monoisotopic (exact) mass is 284 g/mol. The first kappa shape index (κ1) is 13.4. The number of fused-ring (bicyclic) bond motifs is 1. The third-order valence-corrected chi connectivity index (χ3v) is 3.53. The first-order valence-electron chi connectivity index (χ1n) is 6.63. The number of nitrogens with one attached hydrogen (secondary N) is 1. The Hall–Kier alpha value is -1.63. The van der Waals surface area contributed by atoms with Crippen LogP contribution in [0, 0.1) is 6.92 Å². The summed E-state index contributed by atoms with van der Waals surface area (Å²) in [5, 5.41) is 7.40. The van der Waals surface area contributed by atoms with E-state index in [0.717, 1.165) is 36.4 Å². The molecule has 1 aliphatic rings. The molecule has 0 saturated carbocycles. The predicted molar refractivity (Wildman–Crippen MR) is 67.3 cm³/mol. The first-order chi connectivity index (χ1) is 9.45. The highest BCUT2D eigenvalue weighted by atomic mass is 19.4. The minimum Gasteiger partial charge on any atom is -0.309 e. The molecular formula is C13H15F3N4. The molecule has 3 rings (SSSR count). The average Bonchev–Trinajstić information content (AvgIpc) is 2.81. The summed E-state index contributed by atoms with van der Waals surface area (Å²) < 4.78 is 40.0. The van der Waals surface area contributed by atoms with Crippen LogP contribution >= 0.6 is 0 Å². The summed E-state index contributed by atoms with van der Waals surface area (Å²) >= 11 is 0. The molecule has 0 bridgehead atoms. The second kappa shape index (κ2) is 4.73. The Morgan fingerprint density at radius 1 is 1.30 bits per heavy atom. The van der Waals surface area contributed by atoms with E-state index in [1.807, 2.05) is 0 Å². The predicted octanol–water partition coefficient (Wildman–Crippen LogP) is 2.87. The molecule has 20 heavy (non-hydrogen) atoms. The number of alkyl halides is 3. The second-order valence-corrected chi connectivity index (χ2v) is 5.12. The minimum absolute atomic E-state index is 0.0202. The van der Waals surface area contributed by atoms with Crippen molar-refractivity contribution in [3.63, 3.8) is 0 Å². The summed E-state index contributed by atoms with van der Waals surface area (Å²) in [5.74, 6) is 0. The van der Waals surface area contributed by atoms with Gasteiger partial charge in [-0.25, -0.2) is 9.50 Å². The topological polar surface area (TPSA) is 42.2 Å². The maximum atomic E-state index is 13.0. The fourth-order valence-electron chi connectivity index (χ4n) is 2.59. The molecular weight excluding hydrogens is 269 g/mol. The molecule has 2 aromatic heterocycles. The summed E-state index contributed by atoms with van der Waals surface area (Å²) in [6.07, 6.45) is -1.39.